The molecule has 0 aromatic rings. The number of hydrogen-bond donors (Lipinski definition) is 1. The molecule has 0 fully saturated rings. The Hall–Kier alpha value is -0.180. The van der Waals surface area contributed by atoms with E-state index < -0.39 is 17.9 Å². The van der Waals surface area contributed by atoms with E-state index in [0.717, 1.165) is 0 Å². The van der Waals surface area contributed by atoms with Crippen LogP contribution in [0.25, 0.3) is 0 Å². The number of halogens is 2. The second kappa shape index (κ2) is 4.65. The smallest absolute Gasteiger partial charge is 0.275 e. The number of hydrogen-bond acceptors (Lipinski definition) is 1. The highest BCUT2D eigenvalue weighted by Crippen LogP contribution is 2.34. The van der Waals surface area contributed by atoms with Gasteiger partial charge in [0.05, 0.1) is 0 Å². The van der Waals surface area contributed by atoms with E-state index in [2.05, 4.69) is 0 Å². The SMILES string of the molecule is CC.CC(C)(C)C(F)(F)CO. The van der Waals surface area contributed by atoms with Crippen LogP contribution in [0.1, 0.15) is 34.6 Å². The summed E-state index contributed by atoms with van der Waals surface area (Å²) >= 11 is 0. The van der Waals surface area contributed by atoms with E-state index in [4.69, 9.17) is 5.11 Å². The average molecular weight is 168 g/mol. The maximum atomic E-state index is 12.4. The van der Waals surface area contributed by atoms with E-state index in [1.54, 1.807) is 0 Å². The molecule has 70 valence electrons. The summed E-state index contributed by atoms with van der Waals surface area (Å²) in [5.41, 5.74) is -1.14. The number of aliphatic hydroxyl groups excluding tert-OH is 1. The third kappa shape index (κ3) is 4.30. The van der Waals surface area contributed by atoms with E-state index in [1.165, 1.54) is 20.8 Å². The lowest BCUT2D eigenvalue weighted by Gasteiger charge is -2.28. The topological polar surface area (TPSA) is 20.2 Å². The summed E-state index contributed by atoms with van der Waals surface area (Å²) in [7, 11) is 0. The Balaban J connectivity index is 0. The third-order valence-corrected chi connectivity index (χ3v) is 1.30. The lowest BCUT2D eigenvalue weighted by Crippen LogP contribution is -2.37. The molecule has 0 aliphatic heterocycles. The van der Waals surface area contributed by atoms with Crippen LogP contribution >= 0.6 is 0 Å². The molecule has 0 amide bonds. The Kier molecular flexibility index (Phi) is 5.67. The predicted octanol–water partition coefficient (Wildman–Crippen LogP) is 2.69. The van der Waals surface area contributed by atoms with Crippen LogP contribution in [0, 0.1) is 5.41 Å². The van der Waals surface area contributed by atoms with Crippen molar-refractivity contribution >= 4 is 0 Å². The summed E-state index contributed by atoms with van der Waals surface area (Å²) in [4.78, 5) is 0. The van der Waals surface area contributed by atoms with Gasteiger partial charge in [-0.15, -0.1) is 0 Å². The van der Waals surface area contributed by atoms with Crippen molar-refractivity contribution in [3.8, 4) is 0 Å². The molecule has 0 rings (SSSR count). The van der Waals surface area contributed by atoms with Gasteiger partial charge in [-0.05, 0) is 0 Å². The van der Waals surface area contributed by atoms with Crippen LogP contribution in [-0.4, -0.2) is 17.6 Å². The monoisotopic (exact) mass is 168 g/mol. The molecule has 0 aliphatic carbocycles. The summed E-state index contributed by atoms with van der Waals surface area (Å²) in [6, 6.07) is 0. The fraction of sp³-hybridized carbons (Fsp3) is 1.00. The lowest BCUT2D eigenvalue weighted by molar-refractivity contribution is -0.129. The number of rotatable bonds is 1. The molecule has 3 heteroatoms. The van der Waals surface area contributed by atoms with E-state index >= 15 is 0 Å². The predicted molar refractivity (Wildman–Crippen MR) is 42.8 cm³/mol. The minimum absolute atomic E-state index is 1.07. The molecule has 0 bridgehead atoms. The van der Waals surface area contributed by atoms with E-state index in [0.29, 0.717) is 0 Å². The van der Waals surface area contributed by atoms with E-state index in [9.17, 15) is 8.78 Å². The van der Waals surface area contributed by atoms with E-state index in [1.807, 2.05) is 13.8 Å². The lowest BCUT2D eigenvalue weighted by atomic mass is 9.89. The van der Waals surface area contributed by atoms with Crippen molar-refractivity contribution < 1.29 is 13.9 Å². The summed E-state index contributed by atoms with van der Waals surface area (Å²) < 4.78 is 24.8. The standard InChI is InChI=1S/C6H12F2O.C2H6/c1-5(2,3)6(7,8)4-9;1-2/h9H,4H2,1-3H3;1-2H3. The quantitative estimate of drug-likeness (QED) is 0.638. The van der Waals surface area contributed by atoms with Gasteiger partial charge in [-0.25, -0.2) is 8.78 Å². The van der Waals surface area contributed by atoms with Crippen molar-refractivity contribution in [1.82, 2.24) is 0 Å². The Bertz CT molecular complexity index is 94.8. The largest absolute Gasteiger partial charge is 0.390 e. The first-order chi connectivity index (χ1) is 4.81. The molecule has 0 heterocycles. The van der Waals surface area contributed by atoms with Crippen LogP contribution < -0.4 is 0 Å². The minimum atomic E-state index is -2.97. The van der Waals surface area contributed by atoms with Gasteiger partial charge in [0.15, 0.2) is 0 Å². The normalized spacial score (nSPS) is 12.0. The van der Waals surface area contributed by atoms with Gasteiger partial charge in [0.25, 0.3) is 5.92 Å². The highest BCUT2D eigenvalue weighted by atomic mass is 19.3. The van der Waals surface area contributed by atoms with Gasteiger partial charge in [-0.3, -0.25) is 0 Å². The van der Waals surface area contributed by atoms with Crippen LogP contribution in [0.2, 0.25) is 0 Å². The molecule has 0 atom stereocenters. The van der Waals surface area contributed by atoms with Crippen LogP contribution in [0.5, 0.6) is 0 Å². The zero-order chi connectivity index (χ0) is 9.71. The molecule has 11 heavy (non-hydrogen) atoms. The average Bonchev–Trinajstić information content (AvgIpc) is 1.90. The first-order valence-corrected chi connectivity index (χ1v) is 3.80. The van der Waals surface area contributed by atoms with Crippen molar-refractivity contribution in [2.75, 3.05) is 6.61 Å². The molecular formula is C8H18F2O. The molecule has 0 aromatic carbocycles. The van der Waals surface area contributed by atoms with Crippen LogP contribution in [0.4, 0.5) is 8.78 Å². The van der Waals surface area contributed by atoms with Crippen LogP contribution in [0.3, 0.4) is 0 Å². The molecule has 0 saturated carbocycles. The van der Waals surface area contributed by atoms with Gasteiger partial charge in [-0.2, -0.15) is 0 Å². The molecule has 0 saturated heterocycles. The Morgan fingerprint density at radius 1 is 1.09 bits per heavy atom. The number of aliphatic hydroxyl groups is 1. The first kappa shape index (κ1) is 13.4. The maximum absolute atomic E-state index is 12.4. The van der Waals surface area contributed by atoms with Crippen molar-refractivity contribution in [1.29, 1.82) is 0 Å². The second-order valence-electron chi connectivity index (χ2n) is 3.11. The van der Waals surface area contributed by atoms with Crippen molar-refractivity contribution in [2.24, 2.45) is 5.41 Å². The Labute approximate surface area is 67.4 Å². The minimum Gasteiger partial charge on any atom is -0.390 e. The molecule has 0 radical (unpaired) electrons. The fourth-order valence-corrected chi connectivity index (χ4v) is 0.237. The van der Waals surface area contributed by atoms with Gasteiger partial charge >= 0.3 is 0 Å². The van der Waals surface area contributed by atoms with Gasteiger partial charge in [0.2, 0.25) is 0 Å². The van der Waals surface area contributed by atoms with Gasteiger partial charge in [0, 0.05) is 5.41 Å². The zero-order valence-electron chi connectivity index (χ0n) is 7.91. The summed E-state index contributed by atoms with van der Waals surface area (Å²) in [5, 5.41) is 8.18. The summed E-state index contributed by atoms with van der Waals surface area (Å²) in [5.74, 6) is -2.97. The van der Waals surface area contributed by atoms with Crippen LogP contribution in [-0.2, 0) is 0 Å². The molecular weight excluding hydrogens is 150 g/mol. The Morgan fingerprint density at radius 2 is 1.36 bits per heavy atom. The van der Waals surface area contributed by atoms with E-state index in [-0.39, 0.29) is 0 Å². The summed E-state index contributed by atoms with van der Waals surface area (Å²) in [6.07, 6.45) is 0. The Morgan fingerprint density at radius 3 is 1.36 bits per heavy atom. The fourth-order valence-electron chi connectivity index (χ4n) is 0.237. The summed E-state index contributed by atoms with van der Waals surface area (Å²) in [6.45, 7) is 7.10. The molecule has 1 nitrogen and oxygen atoms in total. The third-order valence-electron chi connectivity index (χ3n) is 1.30. The molecule has 0 aliphatic rings. The number of alkyl halides is 2. The van der Waals surface area contributed by atoms with Gasteiger partial charge in [0.1, 0.15) is 6.61 Å². The van der Waals surface area contributed by atoms with Crippen molar-refractivity contribution in [2.45, 2.75) is 40.5 Å². The van der Waals surface area contributed by atoms with Crippen molar-refractivity contribution in [3.05, 3.63) is 0 Å². The van der Waals surface area contributed by atoms with Crippen LogP contribution in [0.15, 0.2) is 0 Å². The van der Waals surface area contributed by atoms with Gasteiger partial charge < -0.3 is 5.11 Å². The van der Waals surface area contributed by atoms with Crippen molar-refractivity contribution in [3.63, 3.8) is 0 Å². The zero-order valence-corrected chi connectivity index (χ0v) is 7.91. The second-order valence-corrected chi connectivity index (χ2v) is 3.11. The molecule has 0 unspecified atom stereocenters. The first-order valence-electron chi connectivity index (χ1n) is 3.80. The maximum Gasteiger partial charge on any atom is 0.275 e. The molecule has 0 aromatic heterocycles. The highest BCUT2D eigenvalue weighted by Gasteiger charge is 2.41. The highest BCUT2D eigenvalue weighted by molar-refractivity contribution is 4.79. The molecule has 0 spiro atoms. The van der Waals surface area contributed by atoms with Gasteiger partial charge in [-0.1, -0.05) is 34.6 Å². The molecule has 1 N–H and O–H groups in total.